The summed E-state index contributed by atoms with van der Waals surface area (Å²) in [5.74, 6) is 0.687. The molecule has 0 radical (unpaired) electrons. The van der Waals surface area contributed by atoms with Crippen LogP contribution in [0.1, 0.15) is 12.1 Å². The van der Waals surface area contributed by atoms with Gasteiger partial charge >= 0.3 is 0 Å². The van der Waals surface area contributed by atoms with Crippen molar-refractivity contribution < 1.29 is 4.39 Å². The van der Waals surface area contributed by atoms with Crippen LogP contribution >= 0.6 is 0 Å². The first-order valence-electron chi connectivity index (χ1n) is 10.4. The fraction of sp³-hybridized carbons (Fsp3) is 0.174. The van der Waals surface area contributed by atoms with Gasteiger partial charge in [-0.15, -0.1) is 0 Å². The molecule has 0 amide bonds. The summed E-state index contributed by atoms with van der Waals surface area (Å²) in [6, 6.07) is 10.9. The Morgan fingerprint density at radius 1 is 0.969 bits per heavy atom. The van der Waals surface area contributed by atoms with Crippen molar-refractivity contribution in [3.8, 4) is 33.9 Å². The lowest BCUT2D eigenvalue weighted by Crippen LogP contribution is -2.17. The minimum Gasteiger partial charge on any atom is -0.370 e. The summed E-state index contributed by atoms with van der Waals surface area (Å²) in [5, 5.41) is 15.2. The van der Waals surface area contributed by atoms with Crippen molar-refractivity contribution in [1.82, 2.24) is 34.9 Å². The molecule has 0 saturated heterocycles. The summed E-state index contributed by atoms with van der Waals surface area (Å²) < 4.78 is 15.7. The average Bonchev–Trinajstić information content (AvgIpc) is 3.47. The summed E-state index contributed by atoms with van der Waals surface area (Å²) in [6.07, 6.45) is 4.59. The van der Waals surface area contributed by atoms with Gasteiger partial charge in [0.25, 0.3) is 0 Å². The number of H-pyrrole nitrogens is 1. The lowest BCUT2D eigenvalue weighted by molar-refractivity contribution is 0.569. The predicted molar refractivity (Wildman–Crippen MR) is 119 cm³/mol. The molecule has 0 fully saturated rings. The Morgan fingerprint density at radius 3 is 2.75 bits per heavy atom. The minimum absolute atomic E-state index is 0.334. The third-order valence-electron chi connectivity index (χ3n) is 5.66. The molecule has 0 saturated carbocycles. The highest BCUT2D eigenvalue weighted by Crippen LogP contribution is 2.31. The van der Waals surface area contributed by atoms with Crippen LogP contribution in [0, 0.1) is 12.7 Å². The molecule has 1 aliphatic rings. The van der Waals surface area contributed by atoms with E-state index in [2.05, 4.69) is 25.5 Å². The number of pyridine rings is 3. The Morgan fingerprint density at radius 2 is 1.88 bits per heavy atom. The van der Waals surface area contributed by atoms with Gasteiger partial charge in [-0.1, -0.05) is 0 Å². The van der Waals surface area contributed by atoms with Crippen molar-refractivity contribution in [1.29, 1.82) is 0 Å². The molecular formula is C23H19FN8. The number of hydrogen-bond acceptors (Lipinski definition) is 6. The molecule has 158 valence electrons. The van der Waals surface area contributed by atoms with Crippen LogP contribution in [-0.4, -0.2) is 41.5 Å². The van der Waals surface area contributed by atoms with Gasteiger partial charge in [-0.2, -0.15) is 10.2 Å². The Hall–Kier alpha value is -4.14. The zero-order chi connectivity index (χ0) is 21.7. The second kappa shape index (κ2) is 7.23. The van der Waals surface area contributed by atoms with E-state index in [1.807, 2.05) is 35.1 Å². The van der Waals surface area contributed by atoms with Gasteiger partial charge < -0.3 is 5.32 Å². The number of halogens is 1. The maximum atomic E-state index is 13.7. The summed E-state index contributed by atoms with van der Waals surface area (Å²) in [7, 11) is 0. The average molecular weight is 426 g/mol. The van der Waals surface area contributed by atoms with E-state index in [4.69, 9.17) is 10.1 Å². The van der Waals surface area contributed by atoms with Crippen LogP contribution in [0.2, 0.25) is 0 Å². The predicted octanol–water partition coefficient (Wildman–Crippen LogP) is 4.21. The number of aromatic amines is 1. The minimum atomic E-state index is -0.339. The van der Waals surface area contributed by atoms with Crippen LogP contribution in [0.25, 0.3) is 44.9 Å². The number of hydrogen-bond donors (Lipinski definition) is 2. The third kappa shape index (κ3) is 3.09. The maximum Gasteiger partial charge on any atom is 0.144 e. The lowest BCUT2D eigenvalue weighted by Gasteiger charge is -2.14. The van der Waals surface area contributed by atoms with Crippen molar-refractivity contribution in [2.45, 2.75) is 19.9 Å². The number of aryl methyl sites for hydroxylation is 2. The van der Waals surface area contributed by atoms with E-state index in [-0.39, 0.29) is 5.82 Å². The molecule has 5 aromatic rings. The van der Waals surface area contributed by atoms with Crippen LogP contribution in [0.3, 0.4) is 0 Å². The van der Waals surface area contributed by atoms with E-state index in [9.17, 15) is 4.39 Å². The first-order chi connectivity index (χ1) is 15.7. The number of aromatic nitrogens is 7. The molecule has 0 spiro atoms. The molecule has 0 aliphatic carbocycles. The lowest BCUT2D eigenvalue weighted by atomic mass is 10.1. The monoisotopic (exact) mass is 426 g/mol. The van der Waals surface area contributed by atoms with Crippen molar-refractivity contribution in [3.63, 3.8) is 0 Å². The Kier molecular flexibility index (Phi) is 4.20. The second-order valence-corrected chi connectivity index (χ2v) is 7.80. The molecule has 0 bridgehead atoms. The number of nitrogens with zero attached hydrogens (tertiary/aromatic N) is 6. The van der Waals surface area contributed by atoms with Crippen LogP contribution in [0.4, 0.5) is 10.2 Å². The second-order valence-electron chi connectivity index (χ2n) is 7.80. The van der Waals surface area contributed by atoms with E-state index >= 15 is 0 Å². The molecule has 5 aromatic heterocycles. The number of rotatable bonds is 3. The Labute approximate surface area is 182 Å². The molecule has 6 rings (SSSR count). The quantitative estimate of drug-likeness (QED) is 0.449. The van der Waals surface area contributed by atoms with Crippen LogP contribution in [0.15, 0.2) is 48.8 Å². The van der Waals surface area contributed by atoms with Gasteiger partial charge in [-0.3, -0.25) is 10.1 Å². The highest BCUT2D eigenvalue weighted by atomic mass is 19.1. The summed E-state index contributed by atoms with van der Waals surface area (Å²) in [5.41, 5.74) is 6.49. The summed E-state index contributed by atoms with van der Waals surface area (Å²) in [6.45, 7) is 3.51. The Balaban J connectivity index is 1.42. The molecule has 0 atom stereocenters. The largest absolute Gasteiger partial charge is 0.370 e. The first kappa shape index (κ1) is 18.6. The highest BCUT2D eigenvalue weighted by molar-refractivity contribution is 5.84. The van der Waals surface area contributed by atoms with Crippen LogP contribution in [-0.2, 0) is 6.54 Å². The molecule has 0 aromatic carbocycles. The van der Waals surface area contributed by atoms with E-state index in [0.29, 0.717) is 17.1 Å². The van der Waals surface area contributed by atoms with Crippen LogP contribution in [0.5, 0.6) is 0 Å². The fourth-order valence-electron chi connectivity index (χ4n) is 3.97. The summed E-state index contributed by atoms with van der Waals surface area (Å²) in [4.78, 5) is 13.8. The van der Waals surface area contributed by atoms with Crippen molar-refractivity contribution in [3.05, 3.63) is 60.3 Å². The molecule has 32 heavy (non-hydrogen) atoms. The fourth-order valence-corrected chi connectivity index (χ4v) is 3.97. The van der Waals surface area contributed by atoms with Gasteiger partial charge in [0.2, 0.25) is 0 Å². The van der Waals surface area contributed by atoms with Gasteiger partial charge in [0.05, 0.1) is 45.7 Å². The smallest absolute Gasteiger partial charge is 0.144 e. The number of fused-ring (bicyclic) bond motifs is 2. The third-order valence-corrected chi connectivity index (χ3v) is 5.66. The summed E-state index contributed by atoms with van der Waals surface area (Å²) >= 11 is 0. The molecule has 8 nitrogen and oxygen atoms in total. The van der Waals surface area contributed by atoms with E-state index in [1.165, 1.54) is 6.07 Å². The Bertz CT molecular complexity index is 1440. The zero-order valence-corrected chi connectivity index (χ0v) is 17.3. The van der Waals surface area contributed by atoms with Crippen molar-refractivity contribution >= 4 is 16.9 Å². The molecule has 2 N–H and O–H groups in total. The van der Waals surface area contributed by atoms with Gasteiger partial charge in [-0.05, 0) is 43.7 Å². The first-order valence-corrected chi connectivity index (χ1v) is 10.4. The highest BCUT2D eigenvalue weighted by Gasteiger charge is 2.16. The van der Waals surface area contributed by atoms with Crippen LogP contribution < -0.4 is 5.32 Å². The molecule has 0 unspecified atom stereocenters. The van der Waals surface area contributed by atoms with Crippen molar-refractivity contribution in [2.24, 2.45) is 0 Å². The maximum absolute atomic E-state index is 13.7. The molecule has 6 heterocycles. The van der Waals surface area contributed by atoms with Gasteiger partial charge in [-0.25, -0.2) is 19.0 Å². The number of anilines is 1. The molecule has 9 heteroatoms. The van der Waals surface area contributed by atoms with Gasteiger partial charge in [0, 0.05) is 36.5 Å². The van der Waals surface area contributed by atoms with Gasteiger partial charge in [0.15, 0.2) is 0 Å². The normalized spacial score (nSPS) is 13.2. The molecular weight excluding hydrogens is 407 g/mol. The van der Waals surface area contributed by atoms with E-state index in [1.54, 1.807) is 19.2 Å². The standard InChI is InChI=1S/C23H19FN8/c1-13-16(24)3-4-19(28-13)23-15(12-27-30-23)17-5-6-18-21(29-17)9-14(11-26-18)20-10-22-25-7-2-8-32(22)31-20/h3-6,9-12,25H,2,7-8H2,1H3,(H,27,30). The zero-order valence-electron chi connectivity index (χ0n) is 17.3. The topological polar surface area (TPSA) is 97.2 Å². The molecule has 1 aliphatic heterocycles. The van der Waals surface area contributed by atoms with E-state index < -0.39 is 0 Å². The van der Waals surface area contributed by atoms with E-state index in [0.717, 1.165) is 58.9 Å². The van der Waals surface area contributed by atoms with Gasteiger partial charge in [0.1, 0.15) is 11.6 Å². The number of nitrogens with one attached hydrogen (secondary N) is 2. The SMILES string of the molecule is Cc1nc(-c2[nH]ncc2-c2ccc3ncc(-c4cc5n(n4)CCCN5)cc3n2)ccc1F. The van der Waals surface area contributed by atoms with Crippen molar-refractivity contribution in [2.75, 3.05) is 11.9 Å².